The molecule has 1 aliphatic carbocycles. The smallest absolute Gasteiger partial charge is 0.174 e. The van der Waals surface area contributed by atoms with Gasteiger partial charge in [-0.3, -0.25) is 9.78 Å². The van der Waals surface area contributed by atoms with E-state index >= 15 is 0 Å². The molecule has 0 aliphatic heterocycles. The van der Waals surface area contributed by atoms with Crippen molar-refractivity contribution >= 4 is 17.4 Å². The van der Waals surface area contributed by atoms with Crippen molar-refractivity contribution in [2.75, 3.05) is 7.11 Å². The number of carbonyl (C=O) groups excluding carboxylic acids is 1. The predicted molar refractivity (Wildman–Crippen MR) is 111 cm³/mol. The van der Waals surface area contributed by atoms with Crippen LogP contribution >= 0.6 is 11.6 Å². The Labute approximate surface area is 174 Å². The largest absolute Gasteiger partial charge is 0.497 e. The molecule has 0 radical (unpaired) electrons. The molecule has 148 valence electrons. The highest BCUT2D eigenvalue weighted by Gasteiger charge is 2.37. The first-order chi connectivity index (χ1) is 14.1. The van der Waals surface area contributed by atoms with Crippen molar-refractivity contribution in [1.29, 1.82) is 0 Å². The van der Waals surface area contributed by atoms with Crippen LogP contribution in [0, 0.1) is 5.92 Å². The summed E-state index contributed by atoms with van der Waals surface area (Å²) < 4.78 is 11.2. The van der Waals surface area contributed by atoms with Gasteiger partial charge in [0.1, 0.15) is 23.3 Å². The van der Waals surface area contributed by atoms with Crippen LogP contribution in [0.2, 0.25) is 5.15 Å². The quantitative estimate of drug-likeness (QED) is 0.563. The van der Waals surface area contributed by atoms with E-state index in [0.717, 1.165) is 17.0 Å². The molecule has 1 aromatic carbocycles. The van der Waals surface area contributed by atoms with E-state index < -0.39 is 0 Å². The molecule has 5 nitrogen and oxygen atoms in total. The Morgan fingerprint density at radius 2 is 1.93 bits per heavy atom. The number of methoxy groups -OCH3 is 1. The average Bonchev–Trinajstić information content (AvgIpc) is 2.73. The summed E-state index contributed by atoms with van der Waals surface area (Å²) in [5, 5.41) is 0.406. The lowest BCUT2D eigenvalue weighted by Gasteiger charge is -2.29. The molecule has 6 heteroatoms. The lowest BCUT2D eigenvalue weighted by atomic mass is 9.75. The zero-order valence-electron chi connectivity index (χ0n) is 16.3. The van der Waals surface area contributed by atoms with E-state index in [9.17, 15) is 4.79 Å². The number of hydrogen-bond donors (Lipinski definition) is 0. The van der Waals surface area contributed by atoms with Crippen LogP contribution in [0.5, 0.6) is 11.5 Å². The second-order valence-electron chi connectivity index (χ2n) is 7.18. The molecule has 0 amide bonds. The van der Waals surface area contributed by atoms with Crippen molar-refractivity contribution in [2.45, 2.75) is 25.9 Å². The van der Waals surface area contributed by atoms with Gasteiger partial charge in [-0.05, 0) is 54.3 Å². The number of pyridine rings is 2. The van der Waals surface area contributed by atoms with Crippen LogP contribution in [0.25, 0.3) is 0 Å². The molecule has 0 fully saturated rings. The van der Waals surface area contributed by atoms with Gasteiger partial charge >= 0.3 is 0 Å². The molecule has 0 N–H and O–H groups in total. The fraction of sp³-hybridized carbons (Fsp3) is 0.261. The summed E-state index contributed by atoms with van der Waals surface area (Å²) in [6.07, 6.45) is 2.37. The molecule has 2 atom stereocenters. The van der Waals surface area contributed by atoms with E-state index in [1.54, 1.807) is 25.4 Å². The average molecular weight is 409 g/mol. The minimum atomic E-state index is -0.377. The Bertz CT molecular complexity index is 1040. The van der Waals surface area contributed by atoms with Crippen molar-refractivity contribution < 1.29 is 14.3 Å². The van der Waals surface area contributed by atoms with Crippen molar-refractivity contribution in [3.05, 3.63) is 82.4 Å². The van der Waals surface area contributed by atoms with Gasteiger partial charge in [-0.2, -0.15) is 0 Å². The molecular formula is C23H21ClN2O3. The van der Waals surface area contributed by atoms with Crippen LogP contribution < -0.4 is 9.47 Å². The second kappa shape index (κ2) is 8.21. The van der Waals surface area contributed by atoms with Gasteiger partial charge in [0.25, 0.3) is 0 Å². The molecule has 0 spiro atoms. The van der Waals surface area contributed by atoms with Crippen molar-refractivity contribution in [2.24, 2.45) is 5.92 Å². The maximum absolute atomic E-state index is 13.2. The normalized spacial score (nSPS) is 18.2. The molecule has 2 unspecified atom stereocenters. The minimum absolute atomic E-state index is 0.0101. The molecule has 2 heterocycles. The Kier molecular flexibility index (Phi) is 5.49. The highest BCUT2D eigenvalue weighted by Crippen LogP contribution is 2.39. The molecule has 1 aliphatic rings. The monoisotopic (exact) mass is 408 g/mol. The Balaban J connectivity index is 1.60. The van der Waals surface area contributed by atoms with Gasteiger partial charge in [0.2, 0.25) is 0 Å². The molecule has 4 rings (SSSR count). The van der Waals surface area contributed by atoms with Crippen LogP contribution in [-0.4, -0.2) is 22.9 Å². The maximum Gasteiger partial charge on any atom is 0.174 e. The SMILES string of the molecule is COc1ccc(COc2cccnc2C2C(=O)c3ccc(Cl)nc3CC2C)cc1. The molecule has 3 aromatic rings. The third-order valence-corrected chi connectivity index (χ3v) is 5.43. The summed E-state index contributed by atoms with van der Waals surface area (Å²) in [6.45, 7) is 2.42. The van der Waals surface area contributed by atoms with E-state index in [0.29, 0.717) is 35.2 Å². The molecule has 0 saturated heterocycles. The first-order valence-electron chi connectivity index (χ1n) is 9.47. The predicted octanol–water partition coefficient (Wildman–Crippen LogP) is 4.88. The molecule has 29 heavy (non-hydrogen) atoms. The number of carbonyl (C=O) groups is 1. The van der Waals surface area contributed by atoms with Gasteiger partial charge in [-0.25, -0.2) is 4.98 Å². The fourth-order valence-electron chi connectivity index (χ4n) is 3.74. The van der Waals surface area contributed by atoms with Gasteiger partial charge in [0.15, 0.2) is 5.78 Å². The number of halogens is 1. The first kappa shape index (κ1) is 19.4. The van der Waals surface area contributed by atoms with Crippen molar-refractivity contribution in [1.82, 2.24) is 9.97 Å². The van der Waals surface area contributed by atoms with Gasteiger partial charge in [0.05, 0.1) is 24.4 Å². The zero-order valence-corrected chi connectivity index (χ0v) is 17.0. The van der Waals surface area contributed by atoms with Gasteiger partial charge in [-0.1, -0.05) is 30.7 Å². The maximum atomic E-state index is 13.2. The lowest BCUT2D eigenvalue weighted by molar-refractivity contribution is 0.0913. The first-order valence-corrected chi connectivity index (χ1v) is 9.85. The molecule has 2 aromatic heterocycles. The third kappa shape index (κ3) is 3.96. The highest BCUT2D eigenvalue weighted by atomic mass is 35.5. The Hall–Kier alpha value is -2.92. The van der Waals surface area contributed by atoms with Gasteiger partial charge in [0, 0.05) is 11.8 Å². The standard InChI is InChI=1S/C23H21ClN2O3/c1-14-12-18-17(9-10-20(24)26-18)23(27)21(14)22-19(4-3-11-25-22)29-13-15-5-7-16(28-2)8-6-15/h3-11,14,21H,12-13H2,1-2H3. The number of Topliss-reactive ketones (excluding diaryl/α,β-unsaturated/α-hetero) is 1. The molecule has 0 bridgehead atoms. The summed E-state index contributed by atoms with van der Waals surface area (Å²) in [6, 6.07) is 14.8. The second-order valence-corrected chi connectivity index (χ2v) is 7.56. The van der Waals surface area contributed by atoms with Crippen LogP contribution in [0.1, 0.15) is 40.2 Å². The van der Waals surface area contributed by atoms with E-state index in [4.69, 9.17) is 21.1 Å². The number of aromatic nitrogens is 2. The third-order valence-electron chi connectivity index (χ3n) is 5.22. The number of benzene rings is 1. The lowest BCUT2D eigenvalue weighted by Crippen LogP contribution is -2.30. The van der Waals surface area contributed by atoms with E-state index in [-0.39, 0.29) is 17.6 Å². The Morgan fingerprint density at radius 3 is 2.69 bits per heavy atom. The summed E-state index contributed by atoms with van der Waals surface area (Å²) in [5.41, 5.74) is 3.04. The number of fused-ring (bicyclic) bond motifs is 1. The van der Waals surface area contributed by atoms with Crippen LogP contribution in [0.15, 0.2) is 54.7 Å². The van der Waals surface area contributed by atoms with E-state index in [2.05, 4.69) is 9.97 Å². The van der Waals surface area contributed by atoms with Crippen LogP contribution in [-0.2, 0) is 13.0 Å². The summed E-state index contributed by atoms with van der Waals surface area (Å²) in [5.74, 6) is 1.09. The minimum Gasteiger partial charge on any atom is -0.497 e. The van der Waals surface area contributed by atoms with Crippen molar-refractivity contribution in [3.63, 3.8) is 0 Å². The van der Waals surface area contributed by atoms with Crippen LogP contribution in [0.4, 0.5) is 0 Å². The zero-order chi connectivity index (χ0) is 20.4. The summed E-state index contributed by atoms with van der Waals surface area (Å²) in [4.78, 5) is 22.1. The number of hydrogen-bond acceptors (Lipinski definition) is 5. The fourth-order valence-corrected chi connectivity index (χ4v) is 3.90. The number of rotatable bonds is 5. The molecule has 0 saturated carbocycles. The number of nitrogens with zero attached hydrogens (tertiary/aromatic N) is 2. The molecular weight excluding hydrogens is 388 g/mol. The highest BCUT2D eigenvalue weighted by molar-refractivity contribution is 6.29. The van der Waals surface area contributed by atoms with E-state index in [1.165, 1.54) is 0 Å². The van der Waals surface area contributed by atoms with E-state index in [1.807, 2.05) is 43.3 Å². The number of ketones is 1. The summed E-state index contributed by atoms with van der Waals surface area (Å²) in [7, 11) is 1.64. The van der Waals surface area contributed by atoms with Gasteiger partial charge < -0.3 is 9.47 Å². The van der Waals surface area contributed by atoms with Gasteiger partial charge in [-0.15, -0.1) is 0 Å². The van der Waals surface area contributed by atoms with Crippen molar-refractivity contribution in [3.8, 4) is 11.5 Å². The summed E-state index contributed by atoms with van der Waals surface area (Å²) >= 11 is 6.01. The topological polar surface area (TPSA) is 61.3 Å². The number of ether oxygens (including phenoxy) is 2. The Morgan fingerprint density at radius 1 is 1.14 bits per heavy atom. The van der Waals surface area contributed by atoms with Crippen LogP contribution in [0.3, 0.4) is 0 Å².